The van der Waals surface area contributed by atoms with Crippen LogP contribution in [0.25, 0.3) is 0 Å². The van der Waals surface area contributed by atoms with Gasteiger partial charge in [-0.15, -0.1) is 0 Å². The Morgan fingerprint density at radius 3 is 2.25 bits per heavy atom. The lowest BCUT2D eigenvalue weighted by atomic mass is 9.95. The van der Waals surface area contributed by atoms with E-state index in [4.69, 9.17) is 0 Å². The number of nitrogens with one attached hydrogen (secondary N) is 1. The van der Waals surface area contributed by atoms with Crippen LogP contribution < -0.4 is 5.32 Å². The molecule has 1 aliphatic rings. The molecule has 0 spiro atoms. The van der Waals surface area contributed by atoms with E-state index in [2.05, 4.69) is 30.1 Å². The molecule has 0 bridgehead atoms. The molecule has 138 valence electrons. The minimum atomic E-state index is -0.774. The number of hydrogen-bond acceptors (Lipinski definition) is 3. The maximum Gasteiger partial charge on any atom is 0.326 e. The Kier molecular flexibility index (Phi) is 8.46. The van der Waals surface area contributed by atoms with Gasteiger partial charge in [-0.25, -0.2) is 9.69 Å². The molecule has 24 heavy (non-hydrogen) atoms. The van der Waals surface area contributed by atoms with E-state index >= 15 is 0 Å². The van der Waals surface area contributed by atoms with Gasteiger partial charge in [-0.1, -0.05) is 38.3 Å². The highest BCUT2D eigenvalue weighted by atomic mass is 16.2. The van der Waals surface area contributed by atoms with Crippen molar-refractivity contribution < 1.29 is 9.59 Å². The van der Waals surface area contributed by atoms with Crippen molar-refractivity contribution >= 4 is 11.9 Å². The molecule has 0 saturated carbocycles. The third kappa shape index (κ3) is 5.93. The van der Waals surface area contributed by atoms with E-state index in [1.807, 2.05) is 20.8 Å². The van der Waals surface area contributed by atoms with Gasteiger partial charge in [-0.3, -0.25) is 9.69 Å². The number of urea groups is 1. The van der Waals surface area contributed by atoms with Crippen LogP contribution in [-0.2, 0) is 4.79 Å². The van der Waals surface area contributed by atoms with Crippen LogP contribution in [0.15, 0.2) is 11.6 Å². The predicted octanol–water partition coefficient (Wildman–Crippen LogP) is 3.90. The smallest absolute Gasteiger partial charge is 0.323 e. The number of imide groups is 1. The average molecular weight is 338 g/mol. The molecule has 1 aliphatic heterocycles. The van der Waals surface area contributed by atoms with Crippen LogP contribution in [0.3, 0.4) is 0 Å². The van der Waals surface area contributed by atoms with E-state index in [-0.39, 0.29) is 11.9 Å². The predicted molar refractivity (Wildman–Crippen MR) is 98.7 cm³/mol. The first-order valence-corrected chi connectivity index (χ1v) is 9.34. The Hall–Kier alpha value is -1.36. The molecule has 5 nitrogen and oxygen atoms in total. The van der Waals surface area contributed by atoms with Gasteiger partial charge in [0.15, 0.2) is 0 Å². The van der Waals surface area contributed by atoms with Crippen molar-refractivity contribution in [1.82, 2.24) is 15.1 Å². The molecule has 0 aromatic rings. The van der Waals surface area contributed by atoms with E-state index in [1.165, 1.54) is 10.5 Å². The maximum atomic E-state index is 12.8. The van der Waals surface area contributed by atoms with Crippen LogP contribution in [0.4, 0.5) is 4.79 Å². The molecule has 0 radical (unpaired) electrons. The molecule has 5 heteroatoms. The van der Waals surface area contributed by atoms with Gasteiger partial charge in [-0.2, -0.15) is 0 Å². The summed E-state index contributed by atoms with van der Waals surface area (Å²) in [4.78, 5) is 28.7. The number of amides is 3. The first-order chi connectivity index (χ1) is 11.3. The second kappa shape index (κ2) is 9.82. The van der Waals surface area contributed by atoms with Crippen molar-refractivity contribution in [3.05, 3.63) is 11.6 Å². The minimum absolute atomic E-state index is 0.0901. The summed E-state index contributed by atoms with van der Waals surface area (Å²) >= 11 is 0. The highest BCUT2D eigenvalue weighted by molar-refractivity contribution is 6.06. The standard InChI is InChI=1S/C19H35N3O2/c1-6-8-13-21(14-9-7-2)15-22-17(23)19(5,20-18(22)24)12-10-11-16(3)4/h11H,6-10,12-15H2,1-5H3,(H,20,24). The van der Waals surface area contributed by atoms with Crippen molar-refractivity contribution in [2.24, 2.45) is 0 Å². The fraction of sp³-hybridized carbons (Fsp3) is 0.789. The quantitative estimate of drug-likeness (QED) is 0.459. The molecule has 0 aromatic carbocycles. The third-order valence-electron chi connectivity index (χ3n) is 4.54. The highest BCUT2D eigenvalue weighted by Crippen LogP contribution is 2.23. The number of allylic oxidation sites excluding steroid dienone is 2. The van der Waals surface area contributed by atoms with Gasteiger partial charge in [0.1, 0.15) is 5.54 Å². The number of rotatable bonds is 11. The number of nitrogens with zero attached hydrogens (tertiary/aromatic N) is 2. The second-order valence-electron chi connectivity index (χ2n) is 7.28. The summed E-state index contributed by atoms with van der Waals surface area (Å²) in [6.07, 6.45) is 7.96. The zero-order valence-corrected chi connectivity index (χ0v) is 16.2. The van der Waals surface area contributed by atoms with E-state index in [0.29, 0.717) is 13.1 Å². The van der Waals surface area contributed by atoms with Crippen LogP contribution >= 0.6 is 0 Å². The molecule has 0 aromatic heterocycles. The Balaban J connectivity index is 2.71. The van der Waals surface area contributed by atoms with Crippen LogP contribution in [0.2, 0.25) is 0 Å². The zero-order valence-electron chi connectivity index (χ0n) is 16.2. The Morgan fingerprint density at radius 2 is 1.75 bits per heavy atom. The van der Waals surface area contributed by atoms with E-state index < -0.39 is 5.54 Å². The Bertz CT molecular complexity index is 450. The lowest BCUT2D eigenvalue weighted by Gasteiger charge is -2.27. The molecular weight excluding hydrogens is 302 g/mol. The molecule has 1 heterocycles. The third-order valence-corrected chi connectivity index (χ3v) is 4.54. The number of carbonyl (C=O) groups excluding carboxylic acids is 2. The van der Waals surface area contributed by atoms with Gasteiger partial charge >= 0.3 is 6.03 Å². The van der Waals surface area contributed by atoms with Crippen molar-refractivity contribution in [1.29, 1.82) is 0 Å². The van der Waals surface area contributed by atoms with Crippen LogP contribution in [-0.4, -0.2) is 47.0 Å². The molecule has 1 unspecified atom stereocenters. The number of carbonyl (C=O) groups is 2. The van der Waals surface area contributed by atoms with Crippen molar-refractivity contribution in [3.63, 3.8) is 0 Å². The van der Waals surface area contributed by atoms with Crippen LogP contribution in [0.5, 0.6) is 0 Å². The van der Waals surface area contributed by atoms with E-state index in [1.54, 1.807) is 0 Å². The van der Waals surface area contributed by atoms with Gasteiger partial charge in [0.2, 0.25) is 0 Å². The van der Waals surface area contributed by atoms with Gasteiger partial charge in [0, 0.05) is 0 Å². The highest BCUT2D eigenvalue weighted by Gasteiger charge is 2.47. The molecule has 1 atom stereocenters. The van der Waals surface area contributed by atoms with E-state index in [9.17, 15) is 9.59 Å². The SMILES string of the molecule is CCCCN(CCCC)CN1C(=O)NC(C)(CCC=C(C)C)C1=O. The first kappa shape index (κ1) is 20.7. The van der Waals surface area contributed by atoms with Gasteiger partial charge in [0.25, 0.3) is 5.91 Å². The summed E-state index contributed by atoms with van der Waals surface area (Å²) in [6.45, 7) is 12.5. The monoisotopic (exact) mass is 337 g/mol. The largest absolute Gasteiger partial charge is 0.326 e. The lowest BCUT2D eigenvalue weighted by Crippen LogP contribution is -2.45. The van der Waals surface area contributed by atoms with E-state index in [0.717, 1.165) is 45.2 Å². The molecule has 0 aliphatic carbocycles. The average Bonchev–Trinajstić information content (AvgIpc) is 2.72. The summed E-state index contributed by atoms with van der Waals surface area (Å²) in [5.74, 6) is -0.0901. The van der Waals surface area contributed by atoms with Crippen molar-refractivity contribution in [3.8, 4) is 0 Å². The van der Waals surface area contributed by atoms with Gasteiger partial charge in [0.05, 0.1) is 6.67 Å². The molecular formula is C19H35N3O2. The van der Waals surface area contributed by atoms with Crippen LogP contribution in [0, 0.1) is 0 Å². The normalized spacial score (nSPS) is 20.7. The Labute approximate surface area is 147 Å². The lowest BCUT2D eigenvalue weighted by molar-refractivity contribution is -0.132. The summed E-state index contributed by atoms with van der Waals surface area (Å²) in [6, 6.07) is -0.252. The fourth-order valence-corrected chi connectivity index (χ4v) is 2.91. The summed E-state index contributed by atoms with van der Waals surface area (Å²) in [5.41, 5.74) is 0.460. The molecule has 1 saturated heterocycles. The molecule has 1 N–H and O–H groups in total. The van der Waals surface area contributed by atoms with Crippen molar-refractivity contribution in [2.45, 2.75) is 78.7 Å². The van der Waals surface area contributed by atoms with Gasteiger partial charge in [-0.05, 0) is 59.5 Å². The number of unbranched alkanes of at least 4 members (excludes halogenated alkanes) is 2. The topological polar surface area (TPSA) is 52.6 Å². The fourth-order valence-electron chi connectivity index (χ4n) is 2.91. The molecule has 3 amide bonds. The molecule has 1 fully saturated rings. The maximum absolute atomic E-state index is 12.8. The van der Waals surface area contributed by atoms with Crippen LogP contribution in [0.1, 0.15) is 73.1 Å². The summed E-state index contributed by atoms with van der Waals surface area (Å²) < 4.78 is 0. The summed E-state index contributed by atoms with van der Waals surface area (Å²) in [5, 5.41) is 2.90. The van der Waals surface area contributed by atoms with Gasteiger partial charge < -0.3 is 5.32 Å². The zero-order chi connectivity index (χ0) is 18.2. The molecule has 1 rings (SSSR count). The summed E-state index contributed by atoms with van der Waals surface area (Å²) in [7, 11) is 0. The minimum Gasteiger partial charge on any atom is -0.323 e. The van der Waals surface area contributed by atoms with Crippen molar-refractivity contribution in [2.75, 3.05) is 19.8 Å². The Morgan fingerprint density at radius 1 is 1.17 bits per heavy atom. The number of hydrogen-bond donors (Lipinski definition) is 1. The second-order valence-corrected chi connectivity index (χ2v) is 7.28. The first-order valence-electron chi connectivity index (χ1n) is 9.34.